The molecule has 6 N–H and O–H groups in total. The number of aryl methyl sites for hydroxylation is 2. The van der Waals surface area contributed by atoms with Crippen molar-refractivity contribution in [3.63, 3.8) is 0 Å². The van der Waals surface area contributed by atoms with Gasteiger partial charge < -0.3 is 63.5 Å². The van der Waals surface area contributed by atoms with E-state index in [9.17, 15) is 45.0 Å². The van der Waals surface area contributed by atoms with Gasteiger partial charge in [-0.15, -0.1) is 0 Å². The molecule has 1 fully saturated rings. The van der Waals surface area contributed by atoms with Crippen LogP contribution in [-0.2, 0) is 36.6 Å². The third-order valence-electron chi connectivity index (χ3n) is 9.43. The van der Waals surface area contributed by atoms with E-state index >= 15 is 0 Å². The number of phenolic OH excluding ortho intramolecular Hbond substituents is 4. The molecule has 6 rings (SSSR count). The van der Waals surface area contributed by atoms with Crippen molar-refractivity contribution in [3.8, 4) is 51.6 Å². The monoisotopic (exact) mass is 816 g/mol. The summed E-state index contributed by atoms with van der Waals surface area (Å²) in [6, 6.07) is 19.5. The number of benzene rings is 4. The Morgan fingerprint density at radius 1 is 0.712 bits per heavy atom. The number of phenols is 4. The number of aliphatic hydroxyl groups is 2. The van der Waals surface area contributed by atoms with Gasteiger partial charge in [-0.05, 0) is 80.3 Å². The molecule has 0 amide bonds. The lowest BCUT2D eigenvalue weighted by Crippen LogP contribution is -2.62. The minimum Gasteiger partial charge on any atom is -0.508 e. The second-order valence-electron chi connectivity index (χ2n) is 13.5. The van der Waals surface area contributed by atoms with Crippen molar-refractivity contribution in [1.29, 1.82) is 0 Å². The third kappa shape index (κ3) is 9.97. The van der Waals surface area contributed by atoms with Crippen molar-refractivity contribution in [2.45, 2.75) is 70.2 Å². The van der Waals surface area contributed by atoms with Gasteiger partial charge in [-0.1, -0.05) is 24.3 Å². The van der Waals surface area contributed by atoms with E-state index < -0.39 is 94.6 Å². The molecule has 16 nitrogen and oxygen atoms in total. The number of esters is 2. The van der Waals surface area contributed by atoms with E-state index in [1.165, 1.54) is 6.07 Å². The molecule has 0 spiro atoms. The fraction of sp³-hybridized carbons (Fsp3) is 0.326. The first kappa shape index (κ1) is 42.1. The number of rotatable bonds is 16. The zero-order chi connectivity index (χ0) is 42.2. The summed E-state index contributed by atoms with van der Waals surface area (Å²) in [5, 5.41) is 62.5. The van der Waals surface area contributed by atoms with E-state index in [0.717, 1.165) is 35.4 Å². The van der Waals surface area contributed by atoms with E-state index in [1.54, 1.807) is 48.5 Å². The number of hydrogen-bond acceptors (Lipinski definition) is 16. The van der Waals surface area contributed by atoms with E-state index in [-0.39, 0.29) is 36.8 Å². The largest absolute Gasteiger partial charge is 0.508 e. The Bertz CT molecular complexity index is 2300. The van der Waals surface area contributed by atoms with Crippen molar-refractivity contribution >= 4 is 22.9 Å². The average molecular weight is 817 g/mol. The maximum Gasteiger partial charge on any atom is 0.306 e. The third-order valence-corrected chi connectivity index (χ3v) is 9.43. The van der Waals surface area contributed by atoms with Crippen LogP contribution in [0.4, 0.5) is 0 Å². The zero-order valence-electron chi connectivity index (χ0n) is 32.1. The van der Waals surface area contributed by atoms with Gasteiger partial charge in [-0.25, -0.2) is 0 Å². The van der Waals surface area contributed by atoms with Crippen LogP contribution in [0.25, 0.3) is 22.3 Å². The van der Waals surface area contributed by atoms with E-state index in [0.29, 0.717) is 24.7 Å². The number of fused-ring (bicyclic) bond motifs is 1. The van der Waals surface area contributed by atoms with Gasteiger partial charge in [-0.2, -0.15) is 0 Å². The maximum absolute atomic E-state index is 14.2. The van der Waals surface area contributed by atoms with Crippen LogP contribution in [0, 0.1) is 0 Å². The SMILES string of the molecule is CCOc1ccc(CCC(=O)O[C@H]2[C@H](Oc3c(-c4ccc(O)c(O)c4)oc4cc(O)cc(O)c4c3=O)O[C@H](CO)[C@@H](O)[C@@H]2OC(=O)CCc2ccc(OCC)cc2)cc1. The molecule has 0 radical (unpaired) electrons. The summed E-state index contributed by atoms with van der Waals surface area (Å²) in [6.45, 7) is 3.81. The summed E-state index contributed by atoms with van der Waals surface area (Å²) in [5.41, 5.74) is 0.181. The van der Waals surface area contributed by atoms with E-state index in [4.69, 9.17) is 32.8 Å². The Morgan fingerprint density at radius 3 is 1.83 bits per heavy atom. The number of carbonyl (C=O) groups is 2. The zero-order valence-corrected chi connectivity index (χ0v) is 32.1. The number of aliphatic hydroxyl groups excluding tert-OH is 2. The van der Waals surface area contributed by atoms with Crippen molar-refractivity contribution in [3.05, 3.63) is 100 Å². The molecule has 4 aromatic carbocycles. The predicted octanol–water partition coefficient (Wildman–Crippen LogP) is 4.63. The van der Waals surface area contributed by atoms with Gasteiger partial charge in [0.25, 0.3) is 0 Å². The summed E-state index contributed by atoms with van der Waals surface area (Å²) in [4.78, 5) is 41.2. The van der Waals surface area contributed by atoms with Gasteiger partial charge in [0.15, 0.2) is 23.4 Å². The highest BCUT2D eigenvalue weighted by Crippen LogP contribution is 2.40. The minimum atomic E-state index is -1.89. The van der Waals surface area contributed by atoms with Gasteiger partial charge in [0.2, 0.25) is 23.6 Å². The number of ether oxygens (including phenoxy) is 6. The van der Waals surface area contributed by atoms with Crippen molar-refractivity contribution in [1.82, 2.24) is 0 Å². The molecule has 1 aliphatic rings. The molecule has 0 unspecified atom stereocenters. The van der Waals surface area contributed by atoms with Crippen molar-refractivity contribution in [2.24, 2.45) is 0 Å². The molecule has 0 bridgehead atoms. The molecule has 2 heterocycles. The van der Waals surface area contributed by atoms with Crippen LogP contribution >= 0.6 is 0 Å². The van der Waals surface area contributed by atoms with Gasteiger partial charge in [0.05, 0.1) is 19.8 Å². The fourth-order valence-electron chi connectivity index (χ4n) is 6.49. The Kier molecular flexibility index (Phi) is 13.5. The quantitative estimate of drug-likeness (QED) is 0.0588. The highest BCUT2D eigenvalue weighted by Gasteiger charge is 2.51. The van der Waals surface area contributed by atoms with Crippen LogP contribution in [0.5, 0.6) is 40.2 Å². The number of hydrogen-bond donors (Lipinski definition) is 6. The Morgan fingerprint density at radius 2 is 1.29 bits per heavy atom. The van der Waals surface area contributed by atoms with Crippen LogP contribution in [0.1, 0.15) is 37.8 Å². The standard InChI is InChI=1S/C43H44O16/c1-3-53-27-12-5-23(6-13-27)9-17-34(49)57-40-37(51)33(22-44)56-43(42(40)58-35(50)18-10-24-7-14-28(15-8-24)54-4-2)59-41-38(52)36-31(48)20-26(45)21-32(36)55-39(41)25-11-16-29(46)30(47)19-25/h5-8,11-16,19-21,33,37,40,42-48,51H,3-4,9-10,17-18,22H2,1-2H3/t33-,37-,40+,42-,43+/m1/s1. The van der Waals surface area contributed by atoms with Crippen LogP contribution < -0.4 is 19.6 Å². The Labute approximate surface area is 337 Å². The van der Waals surface area contributed by atoms with Crippen LogP contribution in [0.15, 0.2) is 88.1 Å². The Balaban J connectivity index is 1.35. The second-order valence-corrected chi connectivity index (χ2v) is 13.5. The lowest BCUT2D eigenvalue weighted by molar-refractivity contribution is -0.286. The van der Waals surface area contributed by atoms with Crippen molar-refractivity contribution in [2.75, 3.05) is 19.8 Å². The van der Waals surface area contributed by atoms with Gasteiger partial charge in [0, 0.05) is 30.5 Å². The normalized spacial score (nSPS) is 18.9. The average Bonchev–Trinajstić information content (AvgIpc) is 3.21. The molecule has 1 aromatic heterocycles. The van der Waals surface area contributed by atoms with Gasteiger partial charge in [0.1, 0.15) is 46.2 Å². The lowest BCUT2D eigenvalue weighted by Gasteiger charge is -2.42. The first-order chi connectivity index (χ1) is 28.4. The molecular formula is C43H44O16. The summed E-state index contributed by atoms with van der Waals surface area (Å²) in [5.74, 6) is -3.70. The lowest BCUT2D eigenvalue weighted by atomic mass is 9.98. The van der Waals surface area contributed by atoms with Crippen LogP contribution in [-0.4, -0.2) is 93.1 Å². The van der Waals surface area contributed by atoms with E-state index in [1.807, 2.05) is 13.8 Å². The number of aromatic hydroxyl groups is 4. The fourth-order valence-corrected chi connectivity index (χ4v) is 6.49. The first-order valence-electron chi connectivity index (χ1n) is 18.9. The molecule has 59 heavy (non-hydrogen) atoms. The molecule has 16 heteroatoms. The summed E-state index contributed by atoms with van der Waals surface area (Å²) < 4.78 is 40.6. The van der Waals surface area contributed by atoms with Crippen molar-refractivity contribution < 1.29 is 73.1 Å². The molecule has 5 aromatic rings. The van der Waals surface area contributed by atoms with E-state index in [2.05, 4.69) is 0 Å². The van der Waals surface area contributed by atoms with Gasteiger partial charge >= 0.3 is 11.9 Å². The number of carbonyl (C=O) groups excluding carboxylic acids is 2. The highest BCUT2D eigenvalue weighted by molar-refractivity contribution is 5.88. The molecule has 1 saturated heterocycles. The van der Waals surface area contributed by atoms with Crippen LogP contribution in [0.3, 0.4) is 0 Å². The maximum atomic E-state index is 14.2. The Hall–Kier alpha value is -6.49. The topological polar surface area (TPSA) is 241 Å². The molecule has 312 valence electrons. The predicted molar refractivity (Wildman–Crippen MR) is 209 cm³/mol. The molecule has 1 aliphatic heterocycles. The summed E-state index contributed by atoms with van der Waals surface area (Å²) in [6.07, 6.45) is -8.63. The smallest absolute Gasteiger partial charge is 0.306 e. The second kappa shape index (κ2) is 18.8. The molecular weight excluding hydrogens is 772 g/mol. The molecule has 0 aliphatic carbocycles. The van der Waals surface area contributed by atoms with Crippen LogP contribution in [0.2, 0.25) is 0 Å². The highest BCUT2D eigenvalue weighted by atomic mass is 16.7. The molecule has 0 saturated carbocycles. The molecule has 5 atom stereocenters. The summed E-state index contributed by atoms with van der Waals surface area (Å²) in [7, 11) is 0. The first-order valence-corrected chi connectivity index (χ1v) is 18.9. The van der Waals surface area contributed by atoms with Gasteiger partial charge in [-0.3, -0.25) is 14.4 Å². The minimum absolute atomic E-state index is 0.0344. The summed E-state index contributed by atoms with van der Waals surface area (Å²) >= 11 is 0.